The van der Waals surface area contributed by atoms with Crippen LogP contribution in [0.2, 0.25) is 10.0 Å². The van der Waals surface area contributed by atoms with Crippen LogP contribution in [0.4, 0.5) is 5.69 Å². The van der Waals surface area contributed by atoms with E-state index < -0.39 is 24.4 Å². The number of carbonyl (C=O) groups excluding carboxylic acids is 2. The van der Waals surface area contributed by atoms with E-state index in [0.717, 1.165) is 5.01 Å². The first-order valence-corrected chi connectivity index (χ1v) is 8.90. The predicted octanol–water partition coefficient (Wildman–Crippen LogP) is 2.93. The van der Waals surface area contributed by atoms with Crippen molar-refractivity contribution in [2.45, 2.75) is 0 Å². The summed E-state index contributed by atoms with van der Waals surface area (Å²) < 4.78 is 10.3. The van der Waals surface area contributed by atoms with Gasteiger partial charge in [-0.1, -0.05) is 29.3 Å². The van der Waals surface area contributed by atoms with Crippen molar-refractivity contribution in [3.8, 4) is 11.5 Å². The van der Waals surface area contributed by atoms with Crippen molar-refractivity contribution in [1.29, 1.82) is 0 Å². The van der Waals surface area contributed by atoms with Crippen LogP contribution in [0, 0.1) is 0 Å². The van der Waals surface area contributed by atoms with Gasteiger partial charge >= 0.3 is 5.97 Å². The molecule has 1 saturated heterocycles. The molecule has 0 radical (unpaired) electrons. The molecule has 0 unspecified atom stereocenters. The summed E-state index contributed by atoms with van der Waals surface area (Å²) in [6, 6.07) is 9.10. The van der Waals surface area contributed by atoms with Gasteiger partial charge in [0.25, 0.3) is 11.8 Å². The van der Waals surface area contributed by atoms with E-state index in [-0.39, 0.29) is 22.1 Å². The Kier molecular flexibility index (Phi) is 5.95. The van der Waals surface area contributed by atoms with Gasteiger partial charge in [-0.3, -0.25) is 15.0 Å². The zero-order valence-electron chi connectivity index (χ0n) is 14.9. The van der Waals surface area contributed by atoms with Crippen molar-refractivity contribution in [3.05, 3.63) is 57.6 Å². The highest BCUT2D eigenvalue weighted by Gasteiger charge is 2.34. The quantitative estimate of drug-likeness (QED) is 0.532. The normalized spacial score (nSPS) is 14.9. The number of carboxylic acid groups (broad SMARTS) is 1. The topological polar surface area (TPSA) is 105 Å². The van der Waals surface area contributed by atoms with Gasteiger partial charge in [-0.2, -0.15) is 0 Å². The molecule has 2 N–H and O–H groups in total. The molecule has 29 heavy (non-hydrogen) atoms. The van der Waals surface area contributed by atoms with Gasteiger partial charge < -0.3 is 14.6 Å². The lowest BCUT2D eigenvalue weighted by Crippen LogP contribution is -2.35. The number of aliphatic carboxylic acids is 1. The van der Waals surface area contributed by atoms with Crippen LogP contribution in [0.1, 0.15) is 5.56 Å². The summed E-state index contributed by atoms with van der Waals surface area (Å²) in [5.74, 6) is -1.82. The molecule has 0 aromatic heterocycles. The number of hydrogen-bond acceptors (Lipinski definition) is 5. The zero-order valence-corrected chi connectivity index (χ0v) is 16.5. The largest absolute Gasteiger partial charge is 0.493 e. The Hall–Kier alpha value is -3.23. The summed E-state index contributed by atoms with van der Waals surface area (Å²) in [5, 5.41) is 10.3. The molecule has 1 heterocycles. The molecule has 2 aromatic rings. The molecule has 0 spiro atoms. The SMILES string of the molecule is COc1cc(C=C2C(=O)NN(c3ccc(Cl)c(Cl)c3)C2=O)ccc1OCC(=O)O. The average molecular weight is 437 g/mol. The number of nitrogens with one attached hydrogen (secondary N) is 1. The number of hydrogen-bond donors (Lipinski definition) is 2. The lowest BCUT2D eigenvalue weighted by atomic mass is 10.1. The van der Waals surface area contributed by atoms with E-state index in [1.165, 1.54) is 37.5 Å². The van der Waals surface area contributed by atoms with Crippen LogP contribution in [-0.4, -0.2) is 36.6 Å². The second-order valence-corrected chi connectivity index (χ2v) is 6.65. The zero-order chi connectivity index (χ0) is 21.1. The van der Waals surface area contributed by atoms with Crippen molar-refractivity contribution in [1.82, 2.24) is 5.43 Å². The minimum absolute atomic E-state index is 0.0997. The Morgan fingerprint density at radius 2 is 1.90 bits per heavy atom. The fraction of sp³-hybridized carbons (Fsp3) is 0.105. The van der Waals surface area contributed by atoms with E-state index in [1.54, 1.807) is 12.1 Å². The highest BCUT2D eigenvalue weighted by atomic mass is 35.5. The van der Waals surface area contributed by atoms with Crippen LogP contribution in [0.25, 0.3) is 6.08 Å². The number of carbonyl (C=O) groups is 3. The maximum atomic E-state index is 12.7. The van der Waals surface area contributed by atoms with Crippen LogP contribution < -0.4 is 19.9 Å². The number of benzene rings is 2. The van der Waals surface area contributed by atoms with Gasteiger partial charge in [0, 0.05) is 0 Å². The molecular formula is C19H14Cl2N2O6. The fourth-order valence-corrected chi connectivity index (χ4v) is 2.86. The number of carboxylic acids is 1. The lowest BCUT2D eigenvalue weighted by Gasteiger charge is -2.15. The van der Waals surface area contributed by atoms with Crippen LogP contribution in [0.3, 0.4) is 0 Å². The molecular weight excluding hydrogens is 423 g/mol. The van der Waals surface area contributed by atoms with Crippen molar-refractivity contribution < 1.29 is 29.0 Å². The number of anilines is 1. The average Bonchev–Trinajstić information content (AvgIpc) is 2.97. The van der Waals surface area contributed by atoms with Gasteiger partial charge in [-0.05, 0) is 42.0 Å². The molecule has 0 atom stereocenters. The van der Waals surface area contributed by atoms with Gasteiger partial charge in [-0.25, -0.2) is 9.80 Å². The van der Waals surface area contributed by atoms with E-state index in [4.69, 9.17) is 37.8 Å². The number of ether oxygens (including phenoxy) is 2. The van der Waals surface area contributed by atoms with E-state index in [1.807, 2.05) is 0 Å². The second-order valence-electron chi connectivity index (χ2n) is 5.83. The predicted molar refractivity (Wildman–Crippen MR) is 106 cm³/mol. The molecule has 10 heteroatoms. The minimum atomic E-state index is -1.13. The highest BCUT2D eigenvalue weighted by Crippen LogP contribution is 2.31. The van der Waals surface area contributed by atoms with Crippen LogP contribution in [0.15, 0.2) is 42.0 Å². The molecule has 2 aromatic carbocycles. The Bertz CT molecular complexity index is 1040. The number of halogens is 2. The van der Waals surface area contributed by atoms with Gasteiger partial charge in [0.2, 0.25) is 0 Å². The highest BCUT2D eigenvalue weighted by molar-refractivity contribution is 6.42. The van der Waals surface area contributed by atoms with Crippen molar-refractivity contribution in [2.75, 3.05) is 18.7 Å². The number of rotatable bonds is 6. The molecule has 150 valence electrons. The van der Waals surface area contributed by atoms with Crippen molar-refractivity contribution >= 4 is 52.7 Å². The van der Waals surface area contributed by atoms with Gasteiger partial charge in [0.15, 0.2) is 18.1 Å². The number of hydrazine groups is 1. The monoisotopic (exact) mass is 436 g/mol. The van der Waals surface area contributed by atoms with E-state index in [0.29, 0.717) is 16.3 Å². The van der Waals surface area contributed by atoms with E-state index in [9.17, 15) is 14.4 Å². The Labute approximate surface area is 175 Å². The van der Waals surface area contributed by atoms with Gasteiger partial charge in [0.1, 0.15) is 5.57 Å². The van der Waals surface area contributed by atoms with Crippen molar-refractivity contribution in [2.24, 2.45) is 0 Å². The number of nitrogens with zero attached hydrogens (tertiary/aromatic N) is 1. The first kappa shape index (κ1) is 20.5. The molecule has 0 bridgehead atoms. The summed E-state index contributed by atoms with van der Waals surface area (Å²) in [4.78, 5) is 35.6. The third-order valence-electron chi connectivity index (χ3n) is 3.90. The second kappa shape index (κ2) is 8.42. The maximum absolute atomic E-state index is 12.7. The number of amides is 2. The van der Waals surface area contributed by atoms with Crippen LogP contribution in [0.5, 0.6) is 11.5 Å². The van der Waals surface area contributed by atoms with Gasteiger partial charge in [-0.15, -0.1) is 0 Å². The molecule has 2 amide bonds. The smallest absolute Gasteiger partial charge is 0.341 e. The van der Waals surface area contributed by atoms with E-state index in [2.05, 4.69) is 5.43 Å². The molecule has 0 aliphatic carbocycles. The summed E-state index contributed by atoms with van der Waals surface area (Å²) in [5.41, 5.74) is 3.21. The summed E-state index contributed by atoms with van der Waals surface area (Å²) >= 11 is 11.9. The first-order chi connectivity index (χ1) is 13.8. The third-order valence-corrected chi connectivity index (χ3v) is 4.64. The Morgan fingerprint density at radius 3 is 2.55 bits per heavy atom. The Morgan fingerprint density at radius 1 is 1.14 bits per heavy atom. The van der Waals surface area contributed by atoms with E-state index >= 15 is 0 Å². The maximum Gasteiger partial charge on any atom is 0.341 e. The summed E-state index contributed by atoms with van der Waals surface area (Å²) in [6.07, 6.45) is 1.39. The number of methoxy groups -OCH3 is 1. The molecule has 1 fully saturated rings. The summed E-state index contributed by atoms with van der Waals surface area (Å²) in [6.45, 7) is -0.531. The molecule has 1 aliphatic heterocycles. The summed E-state index contributed by atoms with van der Waals surface area (Å²) in [7, 11) is 1.39. The molecule has 8 nitrogen and oxygen atoms in total. The first-order valence-electron chi connectivity index (χ1n) is 8.15. The van der Waals surface area contributed by atoms with Gasteiger partial charge in [0.05, 0.1) is 22.8 Å². The fourth-order valence-electron chi connectivity index (χ4n) is 2.56. The minimum Gasteiger partial charge on any atom is -0.493 e. The lowest BCUT2D eigenvalue weighted by molar-refractivity contribution is -0.139. The van der Waals surface area contributed by atoms with Crippen LogP contribution in [-0.2, 0) is 14.4 Å². The third kappa shape index (κ3) is 4.44. The Balaban J connectivity index is 1.87. The molecule has 1 aliphatic rings. The van der Waals surface area contributed by atoms with Crippen molar-refractivity contribution in [3.63, 3.8) is 0 Å². The van der Waals surface area contributed by atoms with Crippen LogP contribution >= 0.6 is 23.2 Å². The molecule has 3 rings (SSSR count). The molecule has 0 saturated carbocycles. The standard InChI is InChI=1S/C19H14Cl2N2O6/c1-28-16-7-10(2-5-15(16)29-9-17(24)25)6-12-18(26)22-23(19(12)27)11-3-4-13(20)14(21)8-11/h2-8H,9H2,1H3,(H,22,26)(H,24,25).